The van der Waals surface area contributed by atoms with Gasteiger partial charge in [0.2, 0.25) is 0 Å². The molecule has 2 atom stereocenters. The lowest BCUT2D eigenvalue weighted by Crippen LogP contribution is -2.41. The maximum atomic E-state index is 11.6. The summed E-state index contributed by atoms with van der Waals surface area (Å²) in [6.45, 7) is 2.86. The highest BCUT2D eigenvalue weighted by Gasteiger charge is 2.37. The van der Waals surface area contributed by atoms with E-state index in [-0.39, 0.29) is 18.3 Å². The summed E-state index contributed by atoms with van der Waals surface area (Å²) in [7, 11) is 5.77. The van der Waals surface area contributed by atoms with Crippen LogP contribution in [0.5, 0.6) is 5.75 Å². The number of benzene rings is 2. The molecule has 1 N–H and O–H groups in total. The smallest absolute Gasteiger partial charge is 0.119 e. The van der Waals surface area contributed by atoms with E-state index in [1.165, 1.54) is 5.56 Å². The number of ether oxygens (including phenoxy) is 1. The Balaban J connectivity index is 0.00000312. The van der Waals surface area contributed by atoms with Crippen LogP contribution in [-0.2, 0) is 12.0 Å². The molecule has 4 heteroatoms. The maximum absolute atomic E-state index is 11.6. The Kier molecular flexibility index (Phi) is 8.43. The largest absolute Gasteiger partial charge is 0.497 e. The lowest BCUT2D eigenvalue weighted by Gasteiger charge is -2.38. The molecule has 0 bridgehead atoms. The van der Waals surface area contributed by atoms with Crippen molar-refractivity contribution in [1.29, 1.82) is 0 Å². The van der Waals surface area contributed by atoms with Gasteiger partial charge in [0, 0.05) is 12.5 Å². The predicted octanol–water partition coefficient (Wildman–Crippen LogP) is 4.14. The molecule has 0 heterocycles. The van der Waals surface area contributed by atoms with E-state index < -0.39 is 5.60 Å². The van der Waals surface area contributed by atoms with Crippen molar-refractivity contribution in [2.75, 3.05) is 27.7 Å². The summed E-state index contributed by atoms with van der Waals surface area (Å²) in [5.41, 5.74) is 1.28. The van der Waals surface area contributed by atoms with Gasteiger partial charge in [-0.15, -0.1) is 12.4 Å². The van der Waals surface area contributed by atoms with Gasteiger partial charge in [-0.2, -0.15) is 0 Å². The van der Waals surface area contributed by atoms with E-state index in [0.717, 1.165) is 24.3 Å². The van der Waals surface area contributed by atoms with E-state index >= 15 is 0 Å². The highest BCUT2D eigenvalue weighted by atomic mass is 35.5. The maximum Gasteiger partial charge on any atom is 0.119 e. The fourth-order valence-electron chi connectivity index (χ4n) is 3.34. The molecule has 0 aliphatic heterocycles. The molecule has 138 valence electrons. The Labute approximate surface area is 158 Å². The summed E-state index contributed by atoms with van der Waals surface area (Å²) in [6, 6.07) is 18.2. The SMILES string of the molecule is CCC(O)(c1cccc(OC)c1)C(Cc1ccccc1)CN(C)C.Cl. The van der Waals surface area contributed by atoms with Crippen LogP contribution in [0.25, 0.3) is 0 Å². The van der Waals surface area contributed by atoms with Gasteiger partial charge in [-0.3, -0.25) is 0 Å². The van der Waals surface area contributed by atoms with Crippen molar-refractivity contribution < 1.29 is 9.84 Å². The van der Waals surface area contributed by atoms with Crippen molar-refractivity contribution in [2.24, 2.45) is 5.92 Å². The summed E-state index contributed by atoms with van der Waals surface area (Å²) in [6.07, 6.45) is 1.49. The monoisotopic (exact) mass is 363 g/mol. The summed E-state index contributed by atoms with van der Waals surface area (Å²) in [5.74, 6) is 0.870. The molecule has 0 fully saturated rings. The number of hydrogen-bond donors (Lipinski definition) is 1. The van der Waals surface area contributed by atoms with E-state index in [9.17, 15) is 5.11 Å². The molecule has 0 saturated heterocycles. The Morgan fingerprint density at radius 3 is 2.32 bits per heavy atom. The summed E-state index contributed by atoms with van der Waals surface area (Å²) in [5, 5.41) is 11.6. The van der Waals surface area contributed by atoms with Gasteiger partial charge in [0.05, 0.1) is 12.7 Å². The number of halogens is 1. The van der Waals surface area contributed by atoms with Crippen LogP contribution in [0.2, 0.25) is 0 Å². The average Bonchev–Trinajstić information content (AvgIpc) is 2.61. The third kappa shape index (κ3) is 5.46. The lowest BCUT2D eigenvalue weighted by atomic mass is 9.76. The zero-order valence-electron chi connectivity index (χ0n) is 15.6. The number of methoxy groups -OCH3 is 1. The minimum absolute atomic E-state index is 0. The Bertz CT molecular complexity index is 633. The van der Waals surface area contributed by atoms with Gasteiger partial charge in [-0.05, 0) is 50.2 Å². The fraction of sp³-hybridized carbons (Fsp3) is 0.429. The van der Waals surface area contributed by atoms with Gasteiger partial charge in [0.1, 0.15) is 5.75 Å². The first-order valence-corrected chi connectivity index (χ1v) is 8.55. The second-order valence-corrected chi connectivity index (χ2v) is 6.66. The first kappa shape index (κ1) is 21.5. The van der Waals surface area contributed by atoms with Crippen LogP contribution in [0.1, 0.15) is 24.5 Å². The second kappa shape index (κ2) is 9.81. The molecular formula is C21H30ClNO2. The molecule has 0 spiro atoms. The van der Waals surface area contributed by atoms with E-state index in [2.05, 4.69) is 43.3 Å². The van der Waals surface area contributed by atoms with E-state index in [1.54, 1.807) is 7.11 Å². The zero-order chi connectivity index (χ0) is 17.6. The molecule has 0 aliphatic carbocycles. The molecule has 2 rings (SSSR count). The van der Waals surface area contributed by atoms with Crippen LogP contribution in [0.4, 0.5) is 0 Å². The first-order valence-electron chi connectivity index (χ1n) is 8.55. The van der Waals surface area contributed by atoms with Crippen LogP contribution in [-0.4, -0.2) is 37.8 Å². The molecule has 25 heavy (non-hydrogen) atoms. The summed E-state index contributed by atoms with van der Waals surface area (Å²) < 4.78 is 5.35. The van der Waals surface area contributed by atoms with E-state index in [4.69, 9.17) is 4.74 Å². The lowest BCUT2D eigenvalue weighted by molar-refractivity contribution is -0.0367. The minimum Gasteiger partial charge on any atom is -0.497 e. The number of rotatable bonds is 8. The van der Waals surface area contributed by atoms with Crippen LogP contribution in [0.3, 0.4) is 0 Å². The molecule has 2 unspecified atom stereocenters. The fourth-order valence-corrected chi connectivity index (χ4v) is 3.34. The first-order chi connectivity index (χ1) is 11.5. The van der Waals surface area contributed by atoms with Crippen molar-refractivity contribution in [3.05, 3.63) is 65.7 Å². The van der Waals surface area contributed by atoms with Crippen molar-refractivity contribution >= 4 is 12.4 Å². The Hall–Kier alpha value is -1.55. The molecule has 0 aliphatic rings. The minimum atomic E-state index is -0.894. The average molecular weight is 364 g/mol. The highest BCUT2D eigenvalue weighted by Crippen LogP contribution is 2.37. The highest BCUT2D eigenvalue weighted by molar-refractivity contribution is 5.85. The molecule has 2 aromatic carbocycles. The second-order valence-electron chi connectivity index (χ2n) is 6.66. The van der Waals surface area contributed by atoms with Gasteiger partial charge in [0.25, 0.3) is 0 Å². The quantitative estimate of drug-likeness (QED) is 0.765. The van der Waals surface area contributed by atoms with Gasteiger partial charge in [-0.1, -0.05) is 49.4 Å². The van der Waals surface area contributed by atoms with E-state index in [0.29, 0.717) is 6.42 Å². The van der Waals surface area contributed by atoms with Crippen LogP contribution in [0, 0.1) is 5.92 Å². The topological polar surface area (TPSA) is 32.7 Å². The molecule has 0 aromatic heterocycles. The molecule has 3 nitrogen and oxygen atoms in total. The van der Waals surface area contributed by atoms with Gasteiger partial charge >= 0.3 is 0 Å². The molecule has 0 amide bonds. The normalized spacial score (nSPS) is 14.5. The van der Waals surface area contributed by atoms with Crippen LogP contribution >= 0.6 is 12.4 Å². The van der Waals surface area contributed by atoms with Crippen molar-refractivity contribution in [1.82, 2.24) is 4.90 Å². The van der Waals surface area contributed by atoms with Crippen molar-refractivity contribution in [2.45, 2.75) is 25.4 Å². The third-order valence-corrected chi connectivity index (χ3v) is 4.69. The van der Waals surface area contributed by atoms with Gasteiger partial charge in [-0.25, -0.2) is 0 Å². The molecule has 0 saturated carbocycles. The van der Waals surface area contributed by atoms with Crippen LogP contribution < -0.4 is 4.74 Å². The number of aliphatic hydroxyl groups is 1. The third-order valence-electron chi connectivity index (χ3n) is 4.69. The van der Waals surface area contributed by atoms with E-state index in [1.807, 2.05) is 37.3 Å². The molecule has 0 radical (unpaired) electrons. The van der Waals surface area contributed by atoms with Crippen LogP contribution in [0.15, 0.2) is 54.6 Å². The predicted molar refractivity (Wildman–Crippen MR) is 107 cm³/mol. The Morgan fingerprint density at radius 1 is 1.08 bits per heavy atom. The van der Waals surface area contributed by atoms with Gasteiger partial charge < -0.3 is 14.7 Å². The summed E-state index contributed by atoms with van der Waals surface area (Å²) >= 11 is 0. The van der Waals surface area contributed by atoms with Gasteiger partial charge in [0.15, 0.2) is 0 Å². The molecular weight excluding hydrogens is 334 g/mol. The number of hydrogen-bond acceptors (Lipinski definition) is 3. The van der Waals surface area contributed by atoms with Crippen molar-refractivity contribution in [3.8, 4) is 5.75 Å². The number of nitrogens with zero attached hydrogens (tertiary/aromatic N) is 1. The summed E-state index contributed by atoms with van der Waals surface area (Å²) in [4.78, 5) is 2.15. The standard InChI is InChI=1S/C21H29NO2.ClH/c1-5-21(23,18-12-9-13-20(15-18)24-4)19(16-22(2)3)14-17-10-7-6-8-11-17;/h6-13,15,19,23H,5,14,16H2,1-4H3;1H. The Morgan fingerprint density at radius 2 is 1.76 bits per heavy atom. The zero-order valence-corrected chi connectivity index (χ0v) is 16.4. The molecule has 2 aromatic rings. The van der Waals surface area contributed by atoms with Crippen molar-refractivity contribution in [3.63, 3.8) is 0 Å².